The monoisotopic (exact) mass is 257 g/mol. The van der Waals surface area contributed by atoms with Gasteiger partial charge in [-0.05, 0) is 37.7 Å². The van der Waals surface area contributed by atoms with E-state index in [1.54, 1.807) is 31.4 Å². The summed E-state index contributed by atoms with van der Waals surface area (Å²) in [6.45, 7) is 4.58. The summed E-state index contributed by atoms with van der Waals surface area (Å²) in [6.07, 6.45) is 0. The summed E-state index contributed by atoms with van der Waals surface area (Å²) in [7, 11) is -1.67. The minimum atomic E-state index is -3.22. The maximum absolute atomic E-state index is 12.0. The van der Waals surface area contributed by atoms with Gasteiger partial charge < -0.3 is 10.1 Å². The van der Waals surface area contributed by atoms with E-state index in [9.17, 15) is 8.42 Å². The summed E-state index contributed by atoms with van der Waals surface area (Å²) in [5, 5.41) is 3.09. The minimum Gasteiger partial charge on any atom is -0.497 e. The highest BCUT2D eigenvalue weighted by Crippen LogP contribution is 2.17. The second-order valence-corrected chi connectivity index (χ2v) is 5.95. The zero-order valence-electron chi connectivity index (χ0n) is 10.4. The van der Waals surface area contributed by atoms with Crippen LogP contribution in [0.1, 0.15) is 13.8 Å². The Morgan fingerprint density at radius 3 is 2.35 bits per heavy atom. The molecule has 1 N–H and O–H groups in total. The highest BCUT2D eigenvalue weighted by Gasteiger charge is 2.17. The Hall–Kier alpha value is -1.07. The van der Waals surface area contributed by atoms with E-state index in [4.69, 9.17) is 4.74 Å². The molecule has 1 rings (SSSR count). The van der Waals surface area contributed by atoms with Crippen LogP contribution in [0.3, 0.4) is 0 Å². The van der Waals surface area contributed by atoms with Gasteiger partial charge in [0.15, 0.2) is 9.84 Å². The third kappa shape index (κ3) is 4.02. The number of nitrogens with one attached hydrogen (secondary N) is 1. The summed E-state index contributed by atoms with van der Waals surface area (Å²) < 4.78 is 29.1. The molecule has 0 heterocycles. The van der Waals surface area contributed by atoms with Crippen molar-refractivity contribution in [3.8, 4) is 5.75 Å². The van der Waals surface area contributed by atoms with Crippen molar-refractivity contribution in [3.63, 3.8) is 0 Å². The molecule has 5 heteroatoms. The predicted molar refractivity (Wildman–Crippen MR) is 68.2 cm³/mol. The molecule has 0 aliphatic heterocycles. The lowest BCUT2D eigenvalue weighted by atomic mass is 10.3. The zero-order chi connectivity index (χ0) is 12.9. The molecule has 4 nitrogen and oxygen atoms in total. The Labute approximate surface area is 103 Å². The third-order valence-electron chi connectivity index (χ3n) is 2.44. The first-order valence-corrected chi connectivity index (χ1v) is 7.25. The number of sulfone groups is 1. The first kappa shape index (κ1) is 14.0. The molecular weight excluding hydrogens is 238 g/mol. The van der Waals surface area contributed by atoms with Crippen molar-refractivity contribution in [2.75, 3.05) is 19.4 Å². The smallest absolute Gasteiger partial charge is 0.179 e. The Morgan fingerprint density at radius 1 is 1.29 bits per heavy atom. The molecule has 0 bridgehead atoms. The van der Waals surface area contributed by atoms with Crippen molar-refractivity contribution < 1.29 is 13.2 Å². The maximum Gasteiger partial charge on any atom is 0.179 e. The first-order chi connectivity index (χ1) is 7.99. The van der Waals surface area contributed by atoms with Gasteiger partial charge >= 0.3 is 0 Å². The molecule has 1 atom stereocenters. The minimum absolute atomic E-state index is 0.0490. The molecule has 0 aliphatic carbocycles. The lowest BCUT2D eigenvalue weighted by Gasteiger charge is -2.12. The van der Waals surface area contributed by atoms with Gasteiger partial charge in [-0.2, -0.15) is 0 Å². The molecule has 0 aromatic heterocycles. The van der Waals surface area contributed by atoms with Crippen molar-refractivity contribution in [1.82, 2.24) is 5.32 Å². The molecule has 1 aromatic carbocycles. The maximum atomic E-state index is 12.0. The second kappa shape index (κ2) is 6.02. The lowest BCUT2D eigenvalue weighted by molar-refractivity contribution is 0.414. The average molecular weight is 257 g/mol. The van der Waals surface area contributed by atoms with E-state index in [2.05, 4.69) is 5.32 Å². The normalized spacial score (nSPS) is 13.4. The van der Waals surface area contributed by atoms with Gasteiger partial charge in [0, 0.05) is 6.04 Å². The summed E-state index contributed by atoms with van der Waals surface area (Å²) in [5.74, 6) is 0.761. The van der Waals surface area contributed by atoms with E-state index >= 15 is 0 Å². The topological polar surface area (TPSA) is 55.4 Å². The summed E-state index contributed by atoms with van der Waals surface area (Å²) >= 11 is 0. The molecule has 17 heavy (non-hydrogen) atoms. The number of ether oxygens (including phenoxy) is 1. The largest absolute Gasteiger partial charge is 0.497 e. The highest BCUT2D eigenvalue weighted by molar-refractivity contribution is 7.91. The van der Waals surface area contributed by atoms with Crippen LogP contribution in [0.2, 0.25) is 0 Å². The van der Waals surface area contributed by atoms with Gasteiger partial charge in [-0.25, -0.2) is 8.42 Å². The van der Waals surface area contributed by atoms with Crippen molar-refractivity contribution in [1.29, 1.82) is 0 Å². The van der Waals surface area contributed by atoms with Crippen LogP contribution in [0.5, 0.6) is 5.75 Å². The van der Waals surface area contributed by atoms with Crippen molar-refractivity contribution >= 4 is 9.84 Å². The van der Waals surface area contributed by atoms with E-state index in [1.807, 2.05) is 13.8 Å². The van der Waals surface area contributed by atoms with Crippen LogP contribution in [0.15, 0.2) is 29.2 Å². The van der Waals surface area contributed by atoms with Gasteiger partial charge in [0.1, 0.15) is 5.75 Å². The first-order valence-electron chi connectivity index (χ1n) is 5.59. The van der Waals surface area contributed by atoms with E-state index in [0.29, 0.717) is 10.6 Å². The lowest BCUT2D eigenvalue weighted by Crippen LogP contribution is -2.32. The highest BCUT2D eigenvalue weighted by atomic mass is 32.2. The fourth-order valence-electron chi connectivity index (χ4n) is 1.62. The van der Waals surface area contributed by atoms with Gasteiger partial charge in [-0.15, -0.1) is 0 Å². The van der Waals surface area contributed by atoms with Gasteiger partial charge in [0.2, 0.25) is 0 Å². The standard InChI is InChI=1S/C12H19NO3S/c1-4-13-10(2)9-17(14,15)12-7-5-11(16-3)6-8-12/h5-8,10,13H,4,9H2,1-3H3. The summed E-state index contributed by atoms with van der Waals surface area (Å²) in [6, 6.07) is 6.42. The Balaban J connectivity index is 2.82. The quantitative estimate of drug-likeness (QED) is 0.838. The Morgan fingerprint density at radius 2 is 1.88 bits per heavy atom. The van der Waals surface area contributed by atoms with Crippen LogP contribution in [-0.2, 0) is 9.84 Å². The van der Waals surface area contributed by atoms with Gasteiger partial charge in [-0.1, -0.05) is 6.92 Å². The average Bonchev–Trinajstić information content (AvgIpc) is 2.28. The van der Waals surface area contributed by atoms with E-state index in [1.165, 1.54) is 0 Å². The zero-order valence-corrected chi connectivity index (χ0v) is 11.3. The number of benzene rings is 1. The number of hydrogen-bond donors (Lipinski definition) is 1. The molecule has 0 fully saturated rings. The Bertz CT molecular complexity index is 439. The fourth-order valence-corrected chi connectivity index (χ4v) is 3.14. The molecule has 0 radical (unpaired) electrons. The predicted octanol–water partition coefficient (Wildman–Crippen LogP) is 1.47. The van der Waals surface area contributed by atoms with Crippen LogP contribution in [0, 0.1) is 0 Å². The molecule has 0 spiro atoms. The number of hydrogen-bond acceptors (Lipinski definition) is 4. The summed E-state index contributed by atoms with van der Waals surface area (Å²) in [5.41, 5.74) is 0. The molecule has 96 valence electrons. The van der Waals surface area contributed by atoms with Crippen LogP contribution in [0.25, 0.3) is 0 Å². The van der Waals surface area contributed by atoms with Crippen molar-refractivity contribution in [3.05, 3.63) is 24.3 Å². The molecule has 1 aromatic rings. The van der Waals surface area contributed by atoms with Crippen LogP contribution < -0.4 is 10.1 Å². The van der Waals surface area contributed by atoms with E-state index in [0.717, 1.165) is 6.54 Å². The van der Waals surface area contributed by atoms with Crippen molar-refractivity contribution in [2.45, 2.75) is 24.8 Å². The van der Waals surface area contributed by atoms with Gasteiger partial charge in [0.05, 0.1) is 17.8 Å². The van der Waals surface area contributed by atoms with Crippen LogP contribution in [0.4, 0.5) is 0 Å². The van der Waals surface area contributed by atoms with E-state index < -0.39 is 9.84 Å². The fraction of sp³-hybridized carbons (Fsp3) is 0.500. The molecular formula is C12H19NO3S. The van der Waals surface area contributed by atoms with Gasteiger partial charge in [-0.3, -0.25) is 0 Å². The molecule has 1 unspecified atom stereocenters. The SMILES string of the molecule is CCNC(C)CS(=O)(=O)c1ccc(OC)cc1. The summed E-state index contributed by atoms with van der Waals surface area (Å²) in [4.78, 5) is 0.336. The van der Waals surface area contributed by atoms with Crippen molar-refractivity contribution in [2.24, 2.45) is 0 Å². The molecule has 0 amide bonds. The second-order valence-electron chi connectivity index (χ2n) is 3.92. The van der Waals surface area contributed by atoms with Crippen LogP contribution >= 0.6 is 0 Å². The van der Waals surface area contributed by atoms with Crippen LogP contribution in [-0.4, -0.2) is 33.9 Å². The van der Waals surface area contributed by atoms with E-state index in [-0.39, 0.29) is 11.8 Å². The Kier molecular flexibility index (Phi) is 4.96. The number of rotatable bonds is 6. The third-order valence-corrected chi connectivity index (χ3v) is 4.37. The molecule has 0 saturated carbocycles. The number of methoxy groups -OCH3 is 1. The van der Waals surface area contributed by atoms with Gasteiger partial charge in [0.25, 0.3) is 0 Å². The molecule has 0 saturated heterocycles. The molecule has 0 aliphatic rings.